The van der Waals surface area contributed by atoms with E-state index in [9.17, 15) is 4.79 Å². The fraction of sp³-hybridized carbons (Fsp3) is 0.263. The van der Waals surface area contributed by atoms with Crippen molar-refractivity contribution in [1.82, 2.24) is 19.5 Å². The first-order valence-electron chi connectivity index (χ1n) is 8.36. The van der Waals surface area contributed by atoms with Crippen LogP contribution in [0.2, 0.25) is 0 Å². The number of anilines is 1. The quantitative estimate of drug-likeness (QED) is 0.775. The third-order valence-electron chi connectivity index (χ3n) is 4.79. The summed E-state index contributed by atoms with van der Waals surface area (Å²) in [5.41, 5.74) is 9.40. The predicted octanol–water partition coefficient (Wildman–Crippen LogP) is 2.10. The van der Waals surface area contributed by atoms with Crippen molar-refractivity contribution in [2.24, 2.45) is 7.05 Å². The van der Waals surface area contributed by atoms with Gasteiger partial charge < -0.3 is 10.5 Å². The van der Waals surface area contributed by atoms with Gasteiger partial charge in [0.05, 0.1) is 30.9 Å². The highest BCUT2D eigenvalue weighted by Gasteiger charge is 2.41. The van der Waals surface area contributed by atoms with Crippen molar-refractivity contribution in [3.05, 3.63) is 64.3 Å². The first-order valence-corrected chi connectivity index (χ1v) is 8.36. The van der Waals surface area contributed by atoms with Gasteiger partial charge in [-0.3, -0.25) is 14.3 Å². The van der Waals surface area contributed by atoms with Crippen LogP contribution in [0.1, 0.15) is 29.5 Å². The van der Waals surface area contributed by atoms with Crippen LogP contribution in [0, 0.1) is 0 Å². The van der Waals surface area contributed by atoms with Crippen molar-refractivity contribution in [2.45, 2.75) is 18.3 Å². The highest BCUT2D eigenvalue weighted by Crippen LogP contribution is 2.54. The number of nitrogens with two attached hydrogens (primary N) is 1. The van der Waals surface area contributed by atoms with Gasteiger partial charge in [-0.1, -0.05) is 18.2 Å². The molecule has 1 aliphatic carbocycles. The van der Waals surface area contributed by atoms with Gasteiger partial charge in [0.1, 0.15) is 0 Å². The molecule has 0 amide bonds. The molecule has 1 aliphatic rings. The molecule has 7 nitrogen and oxygen atoms in total. The molecule has 1 fully saturated rings. The second-order valence-corrected chi connectivity index (χ2v) is 6.46. The normalized spacial score (nSPS) is 18.5. The van der Waals surface area contributed by atoms with Crippen LogP contribution < -0.4 is 16.0 Å². The Labute approximate surface area is 150 Å². The van der Waals surface area contributed by atoms with Crippen LogP contribution in [0.3, 0.4) is 0 Å². The molecule has 2 heterocycles. The minimum Gasteiger partial charge on any atom is -0.480 e. The van der Waals surface area contributed by atoms with Crippen LogP contribution in [0.5, 0.6) is 5.88 Å². The van der Waals surface area contributed by atoms with E-state index in [1.54, 1.807) is 32.6 Å². The third kappa shape index (κ3) is 2.92. The molecule has 0 bridgehead atoms. The first kappa shape index (κ1) is 16.3. The van der Waals surface area contributed by atoms with Gasteiger partial charge in [-0.15, -0.1) is 0 Å². The summed E-state index contributed by atoms with van der Waals surface area (Å²) in [6, 6.07) is 9.79. The number of hydrogen-bond donors (Lipinski definition) is 1. The number of rotatable bonds is 4. The summed E-state index contributed by atoms with van der Waals surface area (Å²) in [4.78, 5) is 24.9. The maximum absolute atomic E-state index is 12.0. The fourth-order valence-corrected chi connectivity index (χ4v) is 3.17. The molecule has 0 unspecified atom stereocenters. The molecule has 2 aromatic heterocycles. The summed E-state index contributed by atoms with van der Waals surface area (Å²) < 4.78 is 6.50. The topological polar surface area (TPSA) is 95.9 Å². The first-order chi connectivity index (χ1) is 12.6. The Hall–Kier alpha value is -3.22. The Balaban J connectivity index is 1.61. The number of nitrogen functional groups attached to an aromatic ring is 1. The van der Waals surface area contributed by atoms with Crippen LogP contribution in [-0.4, -0.2) is 26.6 Å². The van der Waals surface area contributed by atoms with Crippen LogP contribution in [-0.2, 0) is 7.05 Å². The van der Waals surface area contributed by atoms with Gasteiger partial charge in [0.2, 0.25) is 11.8 Å². The molecule has 7 heteroatoms. The van der Waals surface area contributed by atoms with Crippen LogP contribution >= 0.6 is 0 Å². The van der Waals surface area contributed by atoms with Gasteiger partial charge in [-0.25, -0.2) is 9.97 Å². The maximum Gasteiger partial charge on any atom is 0.254 e. The molecule has 0 spiro atoms. The van der Waals surface area contributed by atoms with E-state index in [1.165, 1.54) is 10.1 Å². The lowest BCUT2D eigenvalue weighted by atomic mass is 10.0. The number of hydrogen-bond acceptors (Lipinski definition) is 6. The molecule has 1 aromatic carbocycles. The number of ether oxygens (including phenoxy) is 1. The molecule has 0 aliphatic heterocycles. The van der Waals surface area contributed by atoms with Crippen molar-refractivity contribution in [3.8, 4) is 17.1 Å². The van der Waals surface area contributed by atoms with E-state index in [1.807, 2.05) is 12.1 Å². The lowest BCUT2D eigenvalue weighted by molar-refractivity contribution is 0.396. The number of benzene rings is 1. The largest absolute Gasteiger partial charge is 0.480 e. The van der Waals surface area contributed by atoms with Gasteiger partial charge in [0.25, 0.3) is 5.56 Å². The molecule has 3 aromatic rings. The van der Waals surface area contributed by atoms with Crippen molar-refractivity contribution in [1.29, 1.82) is 0 Å². The van der Waals surface area contributed by atoms with Crippen molar-refractivity contribution in [3.63, 3.8) is 0 Å². The minimum absolute atomic E-state index is 0.126. The molecule has 2 N–H and O–H groups in total. The van der Waals surface area contributed by atoms with E-state index in [2.05, 4.69) is 27.1 Å². The van der Waals surface area contributed by atoms with E-state index >= 15 is 0 Å². The van der Waals surface area contributed by atoms with Crippen LogP contribution in [0.25, 0.3) is 11.3 Å². The van der Waals surface area contributed by atoms with E-state index < -0.39 is 0 Å². The van der Waals surface area contributed by atoms with Crippen molar-refractivity contribution < 1.29 is 4.74 Å². The summed E-state index contributed by atoms with van der Waals surface area (Å²) >= 11 is 0. The molecule has 26 heavy (non-hydrogen) atoms. The van der Waals surface area contributed by atoms with E-state index in [0.717, 1.165) is 23.4 Å². The van der Waals surface area contributed by atoms with Gasteiger partial charge in [-0.2, -0.15) is 0 Å². The zero-order valence-electron chi connectivity index (χ0n) is 14.6. The van der Waals surface area contributed by atoms with Crippen LogP contribution in [0.4, 0.5) is 5.95 Å². The number of aromatic nitrogens is 4. The molecule has 0 saturated heterocycles. The second-order valence-electron chi connectivity index (χ2n) is 6.46. The highest BCUT2D eigenvalue weighted by atomic mass is 16.5. The SMILES string of the molecule is COc1cncc(-c2cccc([C@@H]3C[C@@H]3c3cc(=O)n(C)c(N)n3)c2)n1. The van der Waals surface area contributed by atoms with E-state index in [4.69, 9.17) is 10.5 Å². The number of methoxy groups -OCH3 is 1. The van der Waals surface area contributed by atoms with E-state index in [0.29, 0.717) is 11.8 Å². The Morgan fingerprint density at radius 1 is 1.19 bits per heavy atom. The minimum atomic E-state index is -0.126. The highest BCUT2D eigenvalue weighted by molar-refractivity contribution is 5.60. The Bertz CT molecular complexity index is 1030. The van der Waals surface area contributed by atoms with Crippen molar-refractivity contribution in [2.75, 3.05) is 12.8 Å². The molecule has 0 radical (unpaired) electrons. The lowest BCUT2D eigenvalue weighted by Crippen LogP contribution is -2.21. The van der Waals surface area contributed by atoms with Gasteiger partial charge in [-0.05, 0) is 24.0 Å². The average molecular weight is 349 g/mol. The molecular weight excluding hydrogens is 330 g/mol. The maximum atomic E-state index is 12.0. The standard InChI is InChI=1S/C19H19N5O2/c1-24-18(25)8-15(23-19(24)20)14-7-13(14)11-4-3-5-12(6-11)16-9-21-10-17(22-16)26-2/h3-6,8-10,13-14H,7H2,1-2H3,(H2,20,23)/t13-,14-/m0/s1. The lowest BCUT2D eigenvalue weighted by Gasteiger charge is -2.07. The Morgan fingerprint density at radius 3 is 2.81 bits per heavy atom. The number of nitrogens with zero attached hydrogens (tertiary/aromatic N) is 4. The molecule has 4 rings (SSSR count). The summed E-state index contributed by atoms with van der Waals surface area (Å²) in [7, 11) is 3.19. The average Bonchev–Trinajstić information content (AvgIpc) is 3.47. The molecule has 2 atom stereocenters. The predicted molar refractivity (Wildman–Crippen MR) is 98.0 cm³/mol. The second kappa shape index (κ2) is 6.25. The zero-order chi connectivity index (χ0) is 18.3. The molecule has 132 valence electrons. The third-order valence-corrected chi connectivity index (χ3v) is 4.79. The zero-order valence-corrected chi connectivity index (χ0v) is 14.6. The van der Waals surface area contributed by atoms with Gasteiger partial charge in [0, 0.05) is 24.6 Å². The molecule has 1 saturated carbocycles. The van der Waals surface area contributed by atoms with Crippen LogP contribution in [0.15, 0.2) is 47.5 Å². The Morgan fingerprint density at radius 2 is 2.04 bits per heavy atom. The Kier molecular flexibility index (Phi) is 3.91. The fourth-order valence-electron chi connectivity index (χ4n) is 3.17. The van der Waals surface area contributed by atoms with E-state index in [-0.39, 0.29) is 17.4 Å². The molecular formula is C19H19N5O2. The summed E-state index contributed by atoms with van der Waals surface area (Å²) in [5, 5.41) is 0. The summed E-state index contributed by atoms with van der Waals surface area (Å²) in [6.45, 7) is 0. The van der Waals surface area contributed by atoms with Gasteiger partial charge >= 0.3 is 0 Å². The summed E-state index contributed by atoms with van der Waals surface area (Å²) in [5.74, 6) is 1.28. The summed E-state index contributed by atoms with van der Waals surface area (Å²) in [6.07, 6.45) is 4.25. The van der Waals surface area contributed by atoms with Gasteiger partial charge in [0.15, 0.2) is 0 Å². The monoisotopic (exact) mass is 349 g/mol. The smallest absolute Gasteiger partial charge is 0.254 e. The van der Waals surface area contributed by atoms with Crippen molar-refractivity contribution >= 4 is 5.95 Å².